The minimum Gasteiger partial charge on any atom is -0.211 e. The highest BCUT2D eigenvalue weighted by Crippen LogP contribution is 2.41. The van der Waals surface area contributed by atoms with Crippen LogP contribution in [-0.2, 0) is 28.8 Å². The number of isocyanates is 6. The lowest BCUT2D eigenvalue weighted by atomic mass is 10.1. The Morgan fingerprint density at radius 2 is 0.824 bits per heavy atom. The van der Waals surface area contributed by atoms with Crippen LogP contribution >= 0.6 is 0 Å². The van der Waals surface area contributed by atoms with Crippen LogP contribution in [-0.4, -0.2) is 36.5 Å². The zero-order chi connectivity index (χ0) is 25.7. The molecule has 0 amide bonds. The third kappa shape index (κ3) is 6.36. The molecule has 0 heterocycles. The highest BCUT2D eigenvalue weighted by Gasteiger charge is 2.14. The predicted octanol–water partition coefficient (Wildman–Crippen LogP) is 4.41. The van der Waals surface area contributed by atoms with E-state index in [1.54, 1.807) is 33.8 Å². The summed E-state index contributed by atoms with van der Waals surface area (Å²) in [7, 11) is 0. The highest BCUT2D eigenvalue weighted by molar-refractivity contribution is 5.84. The standard InChI is InChI=1S/2C11H7N3O3/c1-7-3-9(12-4-15)11(14-6-17)8(2)10(7)13-5-16;1-7-3-9(12-4-15)11(14-6-17)10(8(7)2)13-5-16/h2*3H,1-2H3. The lowest BCUT2D eigenvalue weighted by Crippen LogP contribution is -1.83. The van der Waals surface area contributed by atoms with Crippen LogP contribution in [0.5, 0.6) is 0 Å². The Labute approximate surface area is 191 Å². The average Bonchev–Trinajstić information content (AvgIpc) is 2.80. The van der Waals surface area contributed by atoms with Crippen LogP contribution in [0.2, 0.25) is 0 Å². The molecule has 12 nitrogen and oxygen atoms in total. The van der Waals surface area contributed by atoms with E-state index < -0.39 is 0 Å². The fourth-order valence-corrected chi connectivity index (χ4v) is 2.82. The van der Waals surface area contributed by atoms with Crippen molar-refractivity contribution in [2.45, 2.75) is 27.7 Å². The topological polar surface area (TPSA) is 177 Å². The Morgan fingerprint density at radius 3 is 1.32 bits per heavy atom. The van der Waals surface area contributed by atoms with Crippen molar-refractivity contribution in [2.24, 2.45) is 30.0 Å². The molecule has 0 aliphatic carbocycles. The second-order valence-corrected chi connectivity index (χ2v) is 6.29. The Bertz CT molecular complexity index is 1420. The van der Waals surface area contributed by atoms with E-state index in [2.05, 4.69) is 30.0 Å². The maximum atomic E-state index is 10.3. The van der Waals surface area contributed by atoms with E-state index in [1.165, 1.54) is 42.5 Å². The van der Waals surface area contributed by atoms with Crippen molar-refractivity contribution in [3.05, 3.63) is 34.4 Å². The van der Waals surface area contributed by atoms with Gasteiger partial charge < -0.3 is 0 Å². The first kappa shape index (κ1) is 26.8. The minimum absolute atomic E-state index is 0.00907. The number of rotatable bonds is 6. The zero-order valence-electron chi connectivity index (χ0n) is 18.3. The molecule has 12 heteroatoms. The normalized spacial score (nSPS) is 8.59. The van der Waals surface area contributed by atoms with Gasteiger partial charge in [0, 0.05) is 5.56 Å². The van der Waals surface area contributed by atoms with Gasteiger partial charge >= 0.3 is 0 Å². The average molecular weight is 458 g/mol. The Hall–Kier alpha value is -5.28. The van der Waals surface area contributed by atoms with Gasteiger partial charge in [-0.15, -0.1) is 0 Å². The van der Waals surface area contributed by atoms with Crippen LogP contribution in [0, 0.1) is 27.7 Å². The molecular formula is C22H14N6O6. The maximum absolute atomic E-state index is 10.3. The molecule has 0 aliphatic heterocycles. The summed E-state index contributed by atoms with van der Waals surface area (Å²) in [6, 6.07) is 3.02. The largest absolute Gasteiger partial charge is 0.240 e. The summed E-state index contributed by atoms with van der Waals surface area (Å²) >= 11 is 0. The van der Waals surface area contributed by atoms with Gasteiger partial charge in [-0.05, 0) is 56.5 Å². The van der Waals surface area contributed by atoms with Crippen molar-refractivity contribution >= 4 is 70.6 Å². The molecule has 34 heavy (non-hydrogen) atoms. The summed E-state index contributed by atoms with van der Waals surface area (Å²) in [5.74, 6) is 0. The van der Waals surface area contributed by atoms with Crippen molar-refractivity contribution in [1.29, 1.82) is 0 Å². The van der Waals surface area contributed by atoms with E-state index in [-0.39, 0.29) is 28.4 Å². The molecule has 0 radical (unpaired) electrons. The van der Waals surface area contributed by atoms with Gasteiger partial charge in [0.05, 0.1) is 5.69 Å². The first-order valence-corrected chi connectivity index (χ1v) is 9.06. The number of hydrogen-bond acceptors (Lipinski definition) is 12. The van der Waals surface area contributed by atoms with Crippen LogP contribution in [0.15, 0.2) is 42.1 Å². The number of nitrogens with zero attached hydrogens (tertiary/aromatic N) is 6. The molecule has 0 fully saturated rings. The molecule has 0 atom stereocenters. The molecule has 0 spiro atoms. The third-order valence-corrected chi connectivity index (χ3v) is 4.41. The summed E-state index contributed by atoms with van der Waals surface area (Å²) in [6.07, 6.45) is 8.17. The highest BCUT2D eigenvalue weighted by atomic mass is 16.1. The van der Waals surface area contributed by atoms with Gasteiger partial charge in [-0.1, -0.05) is 0 Å². The predicted molar refractivity (Wildman–Crippen MR) is 119 cm³/mol. The van der Waals surface area contributed by atoms with Crippen LogP contribution in [0.25, 0.3) is 0 Å². The Morgan fingerprint density at radius 1 is 0.441 bits per heavy atom. The second kappa shape index (κ2) is 13.2. The number of hydrogen-bond donors (Lipinski definition) is 0. The van der Waals surface area contributed by atoms with Gasteiger partial charge in [-0.2, -0.15) is 30.0 Å². The molecule has 0 saturated heterocycles. The zero-order valence-corrected chi connectivity index (χ0v) is 18.3. The van der Waals surface area contributed by atoms with E-state index in [9.17, 15) is 28.8 Å². The SMILES string of the molecule is Cc1cc(N=C=O)c(N=C=O)c(C)c1N=C=O.Cc1cc(N=C=O)c(N=C=O)c(N=C=O)c1C. The van der Waals surface area contributed by atoms with E-state index in [1.807, 2.05) is 0 Å². The monoisotopic (exact) mass is 458 g/mol. The first-order valence-electron chi connectivity index (χ1n) is 9.06. The maximum Gasteiger partial charge on any atom is 0.240 e. The van der Waals surface area contributed by atoms with Crippen LogP contribution in [0.4, 0.5) is 34.1 Å². The summed E-state index contributed by atoms with van der Waals surface area (Å²) in [6.45, 7) is 6.73. The number of benzene rings is 2. The quantitative estimate of drug-likeness (QED) is 0.457. The molecule has 0 bridgehead atoms. The van der Waals surface area contributed by atoms with Crippen LogP contribution < -0.4 is 0 Å². The van der Waals surface area contributed by atoms with Crippen molar-refractivity contribution < 1.29 is 28.8 Å². The molecule has 0 aliphatic rings. The van der Waals surface area contributed by atoms with E-state index in [0.717, 1.165) is 5.56 Å². The van der Waals surface area contributed by atoms with Crippen molar-refractivity contribution in [3.8, 4) is 0 Å². The Balaban J connectivity index is 0.000000340. The number of carbonyl (C=O) groups excluding carboxylic acids is 6. The van der Waals surface area contributed by atoms with E-state index in [0.29, 0.717) is 22.4 Å². The summed E-state index contributed by atoms with van der Waals surface area (Å²) in [5, 5.41) is 0. The van der Waals surface area contributed by atoms with Crippen molar-refractivity contribution in [2.75, 3.05) is 0 Å². The number of aliphatic imine (C=N–C) groups is 6. The molecule has 2 aromatic rings. The molecule has 168 valence electrons. The van der Waals surface area contributed by atoms with Gasteiger partial charge in [0.1, 0.15) is 28.4 Å². The Kier molecular flexibility index (Phi) is 10.4. The van der Waals surface area contributed by atoms with Gasteiger partial charge in [-0.3, -0.25) is 0 Å². The lowest BCUT2D eigenvalue weighted by Gasteiger charge is -2.07. The van der Waals surface area contributed by atoms with Gasteiger partial charge in [0.25, 0.3) is 0 Å². The fourth-order valence-electron chi connectivity index (χ4n) is 2.82. The molecule has 0 saturated carbocycles. The lowest BCUT2D eigenvalue weighted by molar-refractivity contribution is 0.564. The van der Waals surface area contributed by atoms with Gasteiger partial charge in [-0.25, -0.2) is 28.8 Å². The summed E-state index contributed by atoms with van der Waals surface area (Å²) in [5.41, 5.74) is 3.40. The molecule has 0 N–H and O–H groups in total. The van der Waals surface area contributed by atoms with E-state index >= 15 is 0 Å². The van der Waals surface area contributed by atoms with E-state index in [4.69, 9.17) is 0 Å². The molecular weight excluding hydrogens is 444 g/mol. The van der Waals surface area contributed by atoms with Crippen LogP contribution in [0.1, 0.15) is 22.3 Å². The minimum atomic E-state index is 0.00907. The summed E-state index contributed by atoms with van der Waals surface area (Å²) in [4.78, 5) is 82.4. The van der Waals surface area contributed by atoms with Crippen LogP contribution in [0.3, 0.4) is 0 Å². The molecule has 0 unspecified atom stereocenters. The van der Waals surface area contributed by atoms with Gasteiger partial charge in [0.2, 0.25) is 36.5 Å². The second-order valence-electron chi connectivity index (χ2n) is 6.29. The smallest absolute Gasteiger partial charge is 0.211 e. The molecule has 2 aromatic carbocycles. The van der Waals surface area contributed by atoms with Crippen molar-refractivity contribution in [3.63, 3.8) is 0 Å². The third-order valence-electron chi connectivity index (χ3n) is 4.41. The molecule has 2 rings (SSSR count). The van der Waals surface area contributed by atoms with Gasteiger partial charge in [0.15, 0.2) is 0 Å². The number of aryl methyl sites for hydroxylation is 2. The fraction of sp³-hybridized carbons (Fsp3) is 0.182. The molecule has 0 aromatic heterocycles. The van der Waals surface area contributed by atoms with Crippen molar-refractivity contribution in [1.82, 2.24) is 0 Å². The summed E-state index contributed by atoms with van der Waals surface area (Å²) < 4.78 is 0. The first-order chi connectivity index (χ1) is 16.3.